The molecule has 5 aromatic rings. The molecule has 2 aromatic carbocycles. The number of rotatable bonds is 5. The first kappa shape index (κ1) is 17.5. The molecule has 142 valence electrons. The predicted molar refractivity (Wildman–Crippen MR) is 116 cm³/mol. The molecule has 0 aliphatic rings. The minimum absolute atomic E-state index is 0.353. The fourth-order valence-corrected chi connectivity index (χ4v) is 4.71. The standard InChI is InChI=1S/C24H17NO3S/c26-24(27)23-21(17-10-5-2-6-11-17)22-20(29-23)14-18-19(12-7-13-25(18)22)28-15-16-8-3-1-4-9-16/h1-14H,15H2,(H,26,27). The summed E-state index contributed by atoms with van der Waals surface area (Å²) in [6.45, 7) is 0.477. The van der Waals surface area contributed by atoms with Gasteiger partial charge in [0.2, 0.25) is 0 Å². The summed E-state index contributed by atoms with van der Waals surface area (Å²) >= 11 is 1.30. The van der Waals surface area contributed by atoms with Gasteiger partial charge >= 0.3 is 5.97 Å². The van der Waals surface area contributed by atoms with Crippen molar-refractivity contribution in [3.05, 3.63) is 95.5 Å². The highest BCUT2D eigenvalue weighted by Crippen LogP contribution is 2.42. The average Bonchev–Trinajstić information content (AvgIpc) is 3.30. The van der Waals surface area contributed by atoms with E-state index in [4.69, 9.17) is 4.74 Å². The van der Waals surface area contributed by atoms with Crippen LogP contribution in [0.5, 0.6) is 5.75 Å². The van der Waals surface area contributed by atoms with Crippen molar-refractivity contribution in [3.8, 4) is 16.9 Å². The van der Waals surface area contributed by atoms with Gasteiger partial charge in [0.15, 0.2) is 0 Å². The maximum atomic E-state index is 11.9. The molecule has 0 atom stereocenters. The first-order valence-corrected chi connectivity index (χ1v) is 10.1. The minimum atomic E-state index is -0.907. The molecule has 0 bridgehead atoms. The topological polar surface area (TPSA) is 50.9 Å². The van der Waals surface area contributed by atoms with E-state index in [2.05, 4.69) is 0 Å². The molecule has 0 fully saturated rings. The number of carboxylic acid groups (broad SMARTS) is 1. The number of carbonyl (C=O) groups is 1. The van der Waals surface area contributed by atoms with Crippen molar-refractivity contribution in [3.63, 3.8) is 0 Å². The lowest BCUT2D eigenvalue weighted by Crippen LogP contribution is -1.98. The van der Waals surface area contributed by atoms with Crippen LogP contribution in [0.2, 0.25) is 0 Å². The summed E-state index contributed by atoms with van der Waals surface area (Å²) in [4.78, 5) is 12.3. The van der Waals surface area contributed by atoms with Gasteiger partial charge in [-0.2, -0.15) is 0 Å². The third-order valence-corrected chi connectivity index (χ3v) is 6.02. The number of pyridine rings is 1. The molecule has 0 radical (unpaired) electrons. The SMILES string of the molecule is O=C(O)c1sc2cc3c(OCc4ccccc4)cccn3c2c1-c1ccccc1. The van der Waals surface area contributed by atoms with Gasteiger partial charge < -0.3 is 14.2 Å². The van der Waals surface area contributed by atoms with Crippen LogP contribution < -0.4 is 4.74 Å². The number of aromatic nitrogens is 1. The fourth-order valence-electron chi connectivity index (χ4n) is 3.62. The van der Waals surface area contributed by atoms with Crippen LogP contribution in [0.3, 0.4) is 0 Å². The Bertz CT molecular complexity index is 1320. The van der Waals surface area contributed by atoms with Gasteiger partial charge in [-0.25, -0.2) is 4.79 Å². The Hall–Kier alpha value is -3.57. The van der Waals surface area contributed by atoms with Crippen LogP contribution in [-0.2, 0) is 6.61 Å². The average molecular weight is 399 g/mol. The summed E-state index contributed by atoms with van der Waals surface area (Å²) in [7, 11) is 0. The zero-order valence-electron chi connectivity index (χ0n) is 15.4. The number of carboxylic acids is 1. The second kappa shape index (κ2) is 7.11. The van der Waals surface area contributed by atoms with Crippen LogP contribution in [0.1, 0.15) is 15.2 Å². The molecule has 4 nitrogen and oxygen atoms in total. The molecule has 0 unspecified atom stereocenters. The van der Waals surface area contributed by atoms with Crippen LogP contribution in [0.15, 0.2) is 85.1 Å². The van der Waals surface area contributed by atoms with E-state index in [1.807, 2.05) is 89.5 Å². The van der Waals surface area contributed by atoms with Crippen molar-refractivity contribution >= 4 is 33.0 Å². The van der Waals surface area contributed by atoms with Gasteiger partial charge in [-0.3, -0.25) is 0 Å². The highest BCUT2D eigenvalue weighted by molar-refractivity contribution is 7.21. The lowest BCUT2D eigenvalue weighted by atomic mass is 10.1. The molecule has 0 spiro atoms. The van der Waals surface area contributed by atoms with E-state index in [1.54, 1.807) is 0 Å². The largest absolute Gasteiger partial charge is 0.487 e. The normalized spacial score (nSPS) is 11.2. The molecule has 0 aliphatic heterocycles. The summed E-state index contributed by atoms with van der Waals surface area (Å²) in [6.07, 6.45) is 1.96. The van der Waals surface area contributed by atoms with Crippen LogP contribution in [0, 0.1) is 0 Å². The van der Waals surface area contributed by atoms with Crippen molar-refractivity contribution in [2.75, 3.05) is 0 Å². The molecule has 1 N–H and O–H groups in total. The first-order valence-electron chi connectivity index (χ1n) is 9.24. The maximum absolute atomic E-state index is 11.9. The second-order valence-corrected chi connectivity index (χ2v) is 7.79. The van der Waals surface area contributed by atoms with E-state index in [0.717, 1.165) is 38.2 Å². The molecule has 29 heavy (non-hydrogen) atoms. The molecular formula is C24H17NO3S. The van der Waals surface area contributed by atoms with E-state index < -0.39 is 5.97 Å². The van der Waals surface area contributed by atoms with Crippen molar-refractivity contribution in [2.24, 2.45) is 0 Å². The molecule has 5 rings (SSSR count). The number of ether oxygens (including phenoxy) is 1. The van der Waals surface area contributed by atoms with Gasteiger partial charge in [0, 0.05) is 11.8 Å². The van der Waals surface area contributed by atoms with Gasteiger partial charge in [0.25, 0.3) is 0 Å². The first-order chi connectivity index (χ1) is 14.2. The Morgan fingerprint density at radius 3 is 2.41 bits per heavy atom. The van der Waals surface area contributed by atoms with Gasteiger partial charge in [0.1, 0.15) is 17.2 Å². The molecule has 0 saturated carbocycles. The number of benzene rings is 2. The summed E-state index contributed by atoms with van der Waals surface area (Å²) in [5, 5.41) is 9.76. The van der Waals surface area contributed by atoms with E-state index in [9.17, 15) is 9.90 Å². The van der Waals surface area contributed by atoms with Gasteiger partial charge in [-0.15, -0.1) is 11.3 Å². The number of fused-ring (bicyclic) bond motifs is 3. The Morgan fingerprint density at radius 2 is 1.69 bits per heavy atom. The Morgan fingerprint density at radius 1 is 0.966 bits per heavy atom. The maximum Gasteiger partial charge on any atom is 0.346 e. The number of hydrogen-bond donors (Lipinski definition) is 1. The van der Waals surface area contributed by atoms with Gasteiger partial charge in [-0.1, -0.05) is 60.7 Å². The van der Waals surface area contributed by atoms with Crippen LogP contribution in [0.25, 0.3) is 26.9 Å². The lowest BCUT2D eigenvalue weighted by Gasteiger charge is -2.09. The Balaban J connectivity index is 1.67. The monoisotopic (exact) mass is 399 g/mol. The zero-order valence-corrected chi connectivity index (χ0v) is 16.2. The van der Waals surface area contributed by atoms with Crippen molar-refractivity contribution in [2.45, 2.75) is 6.61 Å². The van der Waals surface area contributed by atoms with Crippen molar-refractivity contribution in [1.29, 1.82) is 0 Å². The summed E-state index contributed by atoms with van der Waals surface area (Å²) in [5.41, 5.74) is 4.57. The van der Waals surface area contributed by atoms with Crippen molar-refractivity contribution < 1.29 is 14.6 Å². The summed E-state index contributed by atoms with van der Waals surface area (Å²) in [6, 6.07) is 25.6. The van der Waals surface area contributed by atoms with E-state index in [1.165, 1.54) is 11.3 Å². The smallest absolute Gasteiger partial charge is 0.346 e. The van der Waals surface area contributed by atoms with Crippen LogP contribution in [-0.4, -0.2) is 15.5 Å². The number of nitrogens with zero attached hydrogens (tertiary/aromatic N) is 1. The highest BCUT2D eigenvalue weighted by Gasteiger charge is 2.23. The third-order valence-electron chi connectivity index (χ3n) is 4.91. The number of thiophene rings is 1. The zero-order chi connectivity index (χ0) is 19.8. The number of hydrogen-bond acceptors (Lipinski definition) is 3. The number of aromatic carboxylic acids is 1. The van der Waals surface area contributed by atoms with Crippen LogP contribution in [0.4, 0.5) is 0 Å². The molecule has 5 heteroatoms. The Kier molecular flexibility index (Phi) is 4.30. The minimum Gasteiger partial charge on any atom is -0.487 e. The van der Waals surface area contributed by atoms with E-state index in [-0.39, 0.29) is 0 Å². The molecule has 0 saturated heterocycles. The molecule has 0 amide bonds. The molecule has 3 aromatic heterocycles. The predicted octanol–water partition coefficient (Wildman–Crippen LogP) is 6.10. The third kappa shape index (κ3) is 3.05. The van der Waals surface area contributed by atoms with E-state index in [0.29, 0.717) is 11.5 Å². The summed E-state index contributed by atoms with van der Waals surface area (Å²) in [5.74, 6) is -0.133. The quantitative estimate of drug-likeness (QED) is 0.389. The summed E-state index contributed by atoms with van der Waals surface area (Å²) < 4.78 is 9.05. The highest BCUT2D eigenvalue weighted by atomic mass is 32.1. The second-order valence-electron chi connectivity index (χ2n) is 6.74. The molecule has 3 heterocycles. The van der Waals surface area contributed by atoms with Gasteiger partial charge in [-0.05, 0) is 29.3 Å². The van der Waals surface area contributed by atoms with Gasteiger partial charge in [0.05, 0.1) is 15.7 Å². The Labute approximate surface area is 171 Å². The molecule has 0 aliphatic carbocycles. The van der Waals surface area contributed by atoms with Crippen molar-refractivity contribution in [1.82, 2.24) is 4.40 Å². The van der Waals surface area contributed by atoms with Crippen LogP contribution >= 0.6 is 11.3 Å². The fraction of sp³-hybridized carbons (Fsp3) is 0.0417. The lowest BCUT2D eigenvalue weighted by molar-refractivity contribution is 0.0703. The van der Waals surface area contributed by atoms with E-state index >= 15 is 0 Å². The molecular weight excluding hydrogens is 382 g/mol.